The van der Waals surface area contributed by atoms with Crippen LogP contribution in [0.1, 0.15) is 13.8 Å². The molecule has 0 aliphatic carbocycles. The lowest BCUT2D eigenvalue weighted by Crippen LogP contribution is -2.38. The van der Waals surface area contributed by atoms with Crippen molar-refractivity contribution in [3.8, 4) is 0 Å². The van der Waals surface area contributed by atoms with Crippen molar-refractivity contribution >= 4 is 37.6 Å². The lowest BCUT2D eigenvalue weighted by Gasteiger charge is -2.13. The summed E-state index contributed by atoms with van der Waals surface area (Å²) in [6.07, 6.45) is 0. The van der Waals surface area contributed by atoms with E-state index in [0.717, 1.165) is 6.54 Å². The Balaban J connectivity index is 2.77. The van der Waals surface area contributed by atoms with E-state index in [9.17, 15) is 8.42 Å². The Kier molecular flexibility index (Phi) is 6.07. The maximum Gasteiger partial charge on any atom is 0.240 e. The summed E-state index contributed by atoms with van der Waals surface area (Å²) in [5.74, 6) is 0. The first-order chi connectivity index (χ1) is 8.36. The Bertz CT molecular complexity index is 508. The summed E-state index contributed by atoms with van der Waals surface area (Å²) in [5, 5.41) is 3.61. The minimum Gasteiger partial charge on any atom is -0.313 e. The number of sulfonamides is 1. The molecular weight excluding hydrogens is 340 g/mol. The third-order valence-electron chi connectivity index (χ3n) is 2.33. The minimum absolute atomic E-state index is 0.0838. The standard InChI is InChI=1S/C11H16BrClN2O2S/c1-3-14-8(2)7-15-18(16,17)9-4-5-11(13)10(12)6-9/h4-6,8,14-15H,3,7H2,1-2H3/t8-/m1/s1. The molecular formula is C11H16BrClN2O2S. The van der Waals surface area contributed by atoms with E-state index < -0.39 is 10.0 Å². The van der Waals surface area contributed by atoms with Gasteiger partial charge in [0.15, 0.2) is 0 Å². The molecule has 0 radical (unpaired) electrons. The fourth-order valence-corrected chi connectivity index (χ4v) is 3.19. The highest BCUT2D eigenvalue weighted by molar-refractivity contribution is 9.10. The number of hydrogen-bond acceptors (Lipinski definition) is 3. The van der Waals surface area contributed by atoms with Crippen LogP contribution in [-0.4, -0.2) is 27.5 Å². The Morgan fingerprint density at radius 2 is 2.11 bits per heavy atom. The van der Waals surface area contributed by atoms with Crippen LogP contribution >= 0.6 is 27.5 Å². The topological polar surface area (TPSA) is 58.2 Å². The summed E-state index contributed by atoms with van der Waals surface area (Å²) in [4.78, 5) is 0.197. The van der Waals surface area contributed by atoms with Crippen LogP contribution in [0.25, 0.3) is 0 Å². The van der Waals surface area contributed by atoms with E-state index in [4.69, 9.17) is 11.6 Å². The molecule has 0 aliphatic rings. The number of benzene rings is 1. The Morgan fingerprint density at radius 1 is 1.44 bits per heavy atom. The van der Waals surface area contributed by atoms with Gasteiger partial charge in [0, 0.05) is 17.1 Å². The van der Waals surface area contributed by atoms with Gasteiger partial charge in [0.2, 0.25) is 10.0 Å². The van der Waals surface area contributed by atoms with Gasteiger partial charge in [-0.2, -0.15) is 0 Å². The summed E-state index contributed by atoms with van der Waals surface area (Å²) in [5.41, 5.74) is 0. The molecule has 1 atom stereocenters. The highest BCUT2D eigenvalue weighted by Crippen LogP contribution is 2.25. The van der Waals surface area contributed by atoms with E-state index in [1.165, 1.54) is 12.1 Å². The van der Waals surface area contributed by atoms with E-state index in [2.05, 4.69) is 26.0 Å². The van der Waals surface area contributed by atoms with Crippen LogP contribution in [0.2, 0.25) is 5.02 Å². The van der Waals surface area contributed by atoms with Gasteiger partial charge in [-0.05, 0) is 47.6 Å². The number of halogens is 2. The molecule has 0 saturated heterocycles. The van der Waals surface area contributed by atoms with Gasteiger partial charge in [-0.15, -0.1) is 0 Å². The Labute approximate surface area is 121 Å². The molecule has 102 valence electrons. The molecule has 4 nitrogen and oxygen atoms in total. The second-order valence-corrected chi connectivity index (χ2v) is 6.92. The molecule has 0 amide bonds. The van der Waals surface area contributed by atoms with Crippen molar-refractivity contribution in [2.24, 2.45) is 0 Å². The van der Waals surface area contributed by atoms with Gasteiger partial charge in [-0.25, -0.2) is 13.1 Å². The second kappa shape index (κ2) is 6.86. The van der Waals surface area contributed by atoms with Crippen molar-refractivity contribution < 1.29 is 8.42 Å². The molecule has 0 saturated carbocycles. The fourth-order valence-electron chi connectivity index (χ4n) is 1.38. The summed E-state index contributed by atoms with van der Waals surface area (Å²) in [6, 6.07) is 4.60. The van der Waals surface area contributed by atoms with Crippen LogP contribution < -0.4 is 10.0 Å². The maximum absolute atomic E-state index is 12.0. The van der Waals surface area contributed by atoms with Gasteiger partial charge >= 0.3 is 0 Å². The molecule has 0 aromatic heterocycles. The first kappa shape index (κ1) is 15.9. The lowest BCUT2D eigenvalue weighted by atomic mass is 10.3. The zero-order chi connectivity index (χ0) is 13.8. The molecule has 1 aromatic rings. The van der Waals surface area contributed by atoms with Gasteiger partial charge in [-0.3, -0.25) is 0 Å². The van der Waals surface area contributed by atoms with Crippen LogP contribution in [0, 0.1) is 0 Å². The minimum atomic E-state index is -3.49. The van der Waals surface area contributed by atoms with Crippen LogP contribution in [0.3, 0.4) is 0 Å². The van der Waals surface area contributed by atoms with E-state index in [1.807, 2.05) is 13.8 Å². The number of hydrogen-bond donors (Lipinski definition) is 2. The zero-order valence-electron chi connectivity index (χ0n) is 10.2. The fraction of sp³-hybridized carbons (Fsp3) is 0.455. The maximum atomic E-state index is 12.0. The molecule has 0 spiro atoms. The van der Waals surface area contributed by atoms with Gasteiger partial charge in [0.25, 0.3) is 0 Å². The smallest absolute Gasteiger partial charge is 0.240 e. The Morgan fingerprint density at radius 3 is 2.67 bits per heavy atom. The van der Waals surface area contributed by atoms with E-state index in [0.29, 0.717) is 16.0 Å². The average molecular weight is 356 g/mol. The molecule has 0 unspecified atom stereocenters. The predicted molar refractivity (Wildman–Crippen MR) is 77.5 cm³/mol. The normalized spacial score (nSPS) is 13.6. The summed E-state index contributed by atoms with van der Waals surface area (Å²) in [6.45, 7) is 5.04. The first-order valence-electron chi connectivity index (χ1n) is 5.55. The van der Waals surface area contributed by atoms with Crippen LogP contribution in [0.15, 0.2) is 27.6 Å². The van der Waals surface area contributed by atoms with Gasteiger partial charge in [-0.1, -0.05) is 18.5 Å². The van der Waals surface area contributed by atoms with Crippen LogP contribution in [-0.2, 0) is 10.0 Å². The highest BCUT2D eigenvalue weighted by Gasteiger charge is 2.15. The monoisotopic (exact) mass is 354 g/mol. The second-order valence-electron chi connectivity index (χ2n) is 3.89. The van der Waals surface area contributed by atoms with Crippen LogP contribution in [0.5, 0.6) is 0 Å². The van der Waals surface area contributed by atoms with Crippen molar-refractivity contribution in [1.82, 2.24) is 10.0 Å². The third kappa shape index (κ3) is 4.51. The summed E-state index contributed by atoms with van der Waals surface area (Å²) < 4.78 is 27.1. The number of likely N-dealkylation sites (N-methyl/N-ethyl adjacent to an activating group) is 1. The van der Waals surface area contributed by atoms with Gasteiger partial charge < -0.3 is 5.32 Å². The van der Waals surface area contributed by atoms with E-state index in [-0.39, 0.29) is 10.9 Å². The summed E-state index contributed by atoms with van der Waals surface area (Å²) in [7, 11) is -3.49. The van der Waals surface area contributed by atoms with Crippen molar-refractivity contribution in [2.45, 2.75) is 24.8 Å². The third-order valence-corrected chi connectivity index (χ3v) is 4.97. The molecule has 18 heavy (non-hydrogen) atoms. The quantitative estimate of drug-likeness (QED) is 0.824. The van der Waals surface area contributed by atoms with Crippen molar-refractivity contribution in [2.75, 3.05) is 13.1 Å². The molecule has 0 bridgehead atoms. The number of nitrogens with one attached hydrogen (secondary N) is 2. The first-order valence-corrected chi connectivity index (χ1v) is 8.20. The molecule has 0 heterocycles. The predicted octanol–water partition coefficient (Wildman–Crippen LogP) is 2.38. The molecule has 7 heteroatoms. The molecule has 1 aromatic carbocycles. The van der Waals surface area contributed by atoms with Crippen molar-refractivity contribution in [3.05, 3.63) is 27.7 Å². The van der Waals surface area contributed by atoms with Gasteiger partial charge in [0.05, 0.1) is 9.92 Å². The largest absolute Gasteiger partial charge is 0.313 e. The number of rotatable bonds is 6. The van der Waals surface area contributed by atoms with E-state index >= 15 is 0 Å². The molecule has 0 aliphatic heterocycles. The average Bonchev–Trinajstić information content (AvgIpc) is 2.30. The zero-order valence-corrected chi connectivity index (χ0v) is 13.4. The highest BCUT2D eigenvalue weighted by atomic mass is 79.9. The van der Waals surface area contributed by atoms with Gasteiger partial charge in [0.1, 0.15) is 0 Å². The molecule has 2 N–H and O–H groups in total. The molecule has 0 fully saturated rings. The van der Waals surface area contributed by atoms with Crippen LogP contribution in [0.4, 0.5) is 0 Å². The lowest BCUT2D eigenvalue weighted by molar-refractivity contribution is 0.536. The Hall–Kier alpha value is -0.140. The van der Waals surface area contributed by atoms with Crippen molar-refractivity contribution in [1.29, 1.82) is 0 Å². The molecule has 1 rings (SSSR count). The summed E-state index contributed by atoms with van der Waals surface area (Å²) >= 11 is 9.03. The van der Waals surface area contributed by atoms with E-state index in [1.54, 1.807) is 6.07 Å². The van der Waals surface area contributed by atoms with Crippen molar-refractivity contribution in [3.63, 3.8) is 0 Å². The SMILES string of the molecule is CCN[C@H](C)CNS(=O)(=O)c1ccc(Cl)c(Br)c1.